The Morgan fingerprint density at radius 1 is 0.272 bits per heavy atom. The van der Waals surface area contributed by atoms with Gasteiger partial charge < -0.3 is 28.9 Å². The number of fused-ring (bicyclic) bond motifs is 11. The van der Waals surface area contributed by atoms with E-state index in [9.17, 15) is 0 Å². The lowest BCUT2D eigenvalue weighted by molar-refractivity contribution is 0.487. The molecule has 6 nitrogen and oxygen atoms in total. The summed E-state index contributed by atoms with van der Waals surface area (Å²) in [4.78, 5) is 10.2. The van der Waals surface area contributed by atoms with Crippen molar-refractivity contribution in [3.63, 3.8) is 0 Å². The van der Waals surface area contributed by atoms with Crippen molar-refractivity contribution in [2.75, 3.05) is 19.6 Å². The maximum Gasteiger partial charge on any atom is 0.256 e. The second kappa shape index (κ2) is 20.8. The zero-order valence-corrected chi connectivity index (χ0v) is 50.1. The van der Waals surface area contributed by atoms with E-state index in [1.807, 2.05) is 0 Å². The maximum atomic E-state index is 7.33. The van der Waals surface area contributed by atoms with Gasteiger partial charge in [-0.2, -0.15) is 0 Å². The Kier molecular flexibility index (Phi) is 11.8. The highest BCUT2D eigenvalue weighted by Gasteiger charge is 2.49. The van der Waals surface area contributed by atoms with Crippen molar-refractivity contribution in [1.82, 2.24) is 4.57 Å². The van der Waals surface area contributed by atoms with Gasteiger partial charge in [0.05, 0.1) is 28.1 Å². The number of ether oxygens (including phenoxy) is 1. The minimum Gasteiger partial charge on any atom is -0.458 e. The standard InChI is InChI=1S/C84H55B2N5O/c1-7-28-56(29-8-1)64-42-27-43-65(57-30-9-2-10-31-57)84(64)91-76-55-75-70(86-69-45-22-26-49-80(69)92-81-53-63(52-79(83(81)86)89(75)61-38-17-6-18-39-61)90-72-46-23-19-40-66(72)67-41-20-24-47-73(67)90)54-71(76)85-68-44-21-25-48-74(68)88(60-36-15-5-16-37-60)77-50-62(51-78(91)82(77)85)87(58-32-11-3-12-33-58)59-34-13-4-14-35-59/h1-55H. The average molecular weight is 1170 g/mol. The van der Waals surface area contributed by atoms with Crippen molar-refractivity contribution in [1.29, 1.82) is 0 Å². The first-order valence-corrected chi connectivity index (χ1v) is 31.7. The molecule has 0 spiro atoms. The predicted molar refractivity (Wildman–Crippen MR) is 386 cm³/mol. The number of benzene rings is 14. The van der Waals surface area contributed by atoms with Crippen LogP contribution < -0.4 is 57.1 Å². The Morgan fingerprint density at radius 2 is 0.728 bits per heavy atom. The van der Waals surface area contributed by atoms with Gasteiger partial charge in [0.15, 0.2) is 0 Å². The van der Waals surface area contributed by atoms with Crippen LogP contribution in [0.15, 0.2) is 334 Å². The molecule has 4 aliphatic heterocycles. The van der Waals surface area contributed by atoms with Gasteiger partial charge in [-0.25, -0.2) is 0 Å². The first kappa shape index (κ1) is 52.0. The highest BCUT2D eigenvalue weighted by molar-refractivity contribution is 7.02. The summed E-state index contributed by atoms with van der Waals surface area (Å²) in [5.41, 5.74) is 28.0. The van der Waals surface area contributed by atoms with Crippen molar-refractivity contribution in [3.8, 4) is 39.4 Å². The number of nitrogens with zero attached hydrogens (tertiary/aromatic N) is 5. The number of rotatable bonds is 9. The van der Waals surface area contributed by atoms with E-state index >= 15 is 0 Å². The van der Waals surface area contributed by atoms with Crippen molar-refractivity contribution >= 4 is 136 Å². The molecule has 0 fully saturated rings. The van der Waals surface area contributed by atoms with Crippen molar-refractivity contribution < 1.29 is 4.74 Å². The molecular formula is C84H55B2N5O. The van der Waals surface area contributed by atoms with Crippen LogP contribution in [0.2, 0.25) is 0 Å². The van der Waals surface area contributed by atoms with Gasteiger partial charge in [-0.15, -0.1) is 0 Å². The van der Waals surface area contributed by atoms with Crippen LogP contribution in [0.4, 0.5) is 68.2 Å². The Hall–Kier alpha value is -12.0. The summed E-state index contributed by atoms with van der Waals surface area (Å²) in [5, 5.41) is 2.42. The molecule has 8 heteroatoms. The van der Waals surface area contributed by atoms with Gasteiger partial charge in [-0.1, -0.05) is 231 Å². The zero-order chi connectivity index (χ0) is 60.4. The van der Waals surface area contributed by atoms with E-state index in [2.05, 4.69) is 358 Å². The minimum atomic E-state index is -0.216. The lowest BCUT2D eigenvalue weighted by Crippen LogP contribution is -2.64. The molecule has 0 aliphatic carbocycles. The van der Waals surface area contributed by atoms with Gasteiger partial charge in [-0.05, 0) is 141 Å². The third-order valence-electron chi connectivity index (χ3n) is 19.3. The van der Waals surface area contributed by atoms with Crippen LogP contribution in [0, 0.1) is 0 Å². The molecule has 15 aromatic rings. The summed E-state index contributed by atoms with van der Waals surface area (Å²) in [7, 11) is 0. The van der Waals surface area contributed by atoms with Crippen LogP contribution in [0.5, 0.6) is 11.5 Å². The monoisotopic (exact) mass is 1170 g/mol. The number of anilines is 12. The molecule has 0 saturated carbocycles. The molecule has 0 unspecified atom stereocenters. The molecule has 428 valence electrons. The van der Waals surface area contributed by atoms with Gasteiger partial charge >= 0.3 is 0 Å². The van der Waals surface area contributed by atoms with E-state index in [1.54, 1.807) is 0 Å². The fourth-order valence-corrected chi connectivity index (χ4v) is 15.6. The van der Waals surface area contributed by atoms with Gasteiger partial charge in [0.25, 0.3) is 13.4 Å². The normalized spacial score (nSPS) is 13.0. The van der Waals surface area contributed by atoms with Crippen molar-refractivity contribution in [2.45, 2.75) is 0 Å². The molecule has 0 atom stereocenters. The number of hydrogen-bond acceptors (Lipinski definition) is 5. The third-order valence-corrected chi connectivity index (χ3v) is 19.3. The molecule has 0 radical (unpaired) electrons. The van der Waals surface area contributed by atoms with Crippen LogP contribution >= 0.6 is 0 Å². The molecule has 14 aromatic carbocycles. The smallest absolute Gasteiger partial charge is 0.256 e. The summed E-state index contributed by atoms with van der Waals surface area (Å²) < 4.78 is 9.76. The van der Waals surface area contributed by atoms with E-state index in [1.165, 1.54) is 32.6 Å². The predicted octanol–water partition coefficient (Wildman–Crippen LogP) is 18.1. The number of para-hydroxylation sites is 9. The molecule has 0 amide bonds. The van der Waals surface area contributed by atoms with E-state index in [0.29, 0.717) is 0 Å². The fourth-order valence-electron chi connectivity index (χ4n) is 15.6. The molecular weight excluding hydrogens is 1120 g/mol. The average Bonchev–Trinajstić information content (AvgIpc) is 0.770. The van der Waals surface area contributed by atoms with Gasteiger partial charge in [0.2, 0.25) is 0 Å². The summed E-state index contributed by atoms with van der Waals surface area (Å²) >= 11 is 0. The molecule has 0 bridgehead atoms. The lowest BCUT2D eigenvalue weighted by Gasteiger charge is -2.47. The van der Waals surface area contributed by atoms with Crippen molar-refractivity contribution in [2.24, 2.45) is 0 Å². The second-order valence-corrected chi connectivity index (χ2v) is 24.3. The fraction of sp³-hybridized carbons (Fsp3) is 0. The van der Waals surface area contributed by atoms with E-state index in [4.69, 9.17) is 4.74 Å². The van der Waals surface area contributed by atoms with Crippen LogP contribution in [-0.4, -0.2) is 18.0 Å². The molecule has 19 rings (SSSR count). The maximum absolute atomic E-state index is 7.33. The van der Waals surface area contributed by atoms with Gasteiger partial charge in [0, 0.05) is 84.8 Å². The Morgan fingerprint density at radius 3 is 1.33 bits per heavy atom. The van der Waals surface area contributed by atoms with Crippen LogP contribution in [-0.2, 0) is 0 Å². The number of aromatic nitrogens is 1. The largest absolute Gasteiger partial charge is 0.458 e. The summed E-state index contributed by atoms with van der Waals surface area (Å²) in [6.45, 7) is -0.415. The van der Waals surface area contributed by atoms with Crippen molar-refractivity contribution in [3.05, 3.63) is 334 Å². The first-order valence-electron chi connectivity index (χ1n) is 31.7. The molecule has 0 saturated heterocycles. The Labute approximate surface area is 535 Å². The molecule has 0 N–H and O–H groups in total. The SMILES string of the molecule is c1ccc(-c2cccc(-c3ccccc3)c2N2c3cc4c(cc3B3c5ccccc5N(c5ccccc5)c5cc(N(c6ccccc6)c6ccccc6)cc2c53)B2c3ccccc3Oc3cc(-n5c6ccccc6c6ccccc65)cc(c32)N4c2ccccc2)cc1. The highest BCUT2D eigenvalue weighted by atomic mass is 16.5. The quantitative estimate of drug-likeness (QED) is 0.134. The van der Waals surface area contributed by atoms with Gasteiger partial charge in [-0.3, -0.25) is 0 Å². The van der Waals surface area contributed by atoms with Crippen LogP contribution in [0.1, 0.15) is 0 Å². The van der Waals surface area contributed by atoms with E-state index in [0.717, 1.165) is 130 Å². The first-order chi connectivity index (χ1) is 45.7. The van der Waals surface area contributed by atoms with E-state index < -0.39 is 0 Å². The lowest BCUT2D eigenvalue weighted by atomic mass is 9.30. The third kappa shape index (κ3) is 7.90. The van der Waals surface area contributed by atoms with Crippen LogP contribution in [0.3, 0.4) is 0 Å². The molecule has 1 aromatic heterocycles. The number of hydrogen-bond donors (Lipinski definition) is 0. The molecule has 5 heterocycles. The van der Waals surface area contributed by atoms with Crippen LogP contribution in [0.25, 0.3) is 49.7 Å². The topological polar surface area (TPSA) is 27.1 Å². The van der Waals surface area contributed by atoms with Gasteiger partial charge in [0.1, 0.15) is 11.5 Å². The molecule has 92 heavy (non-hydrogen) atoms. The Bertz CT molecular complexity index is 5270. The summed E-state index contributed by atoms with van der Waals surface area (Å²) in [6.07, 6.45) is 0. The zero-order valence-electron chi connectivity index (χ0n) is 50.1. The van der Waals surface area contributed by atoms with E-state index in [-0.39, 0.29) is 13.4 Å². The molecule has 4 aliphatic rings. The summed E-state index contributed by atoms with van der Waals surface area (Å²) in [6, 6.07) is 123. The second-order valence-electron chi connectivity index (χ2n) is 24.3. The Balaban J connectivity index is 0.976. The summed E-state index contributed by atoms with van der Waals surface area (Å²) in [5.74, 6) is 1.71. The highest BCUT2D eigenvalue weighted by Crippen LogP contribution is 2.54. The minimum absolute atomic E-state index is 0.199.